The number of hydrogen-bond donors (Lipinski definition) is 1. The van der Waals surface area contributed by atoms with Crippen LogP contribution in [0.15, 0.2) is 18.2 Å². The van der Waals surface area contributed by atoms with Crippen LogP contribution in [0.25, 0.3) is 0 Å². The maximum absolute atomic E-state index is 6.03. The van der Waals surface area contributed by atoms with Gasteiger partial charge in [0.1, 0.15) is 5.75 Å². The van der Waals surface area contributed by atoms with Gasteiger partial charge in [0.2, 0.25) is 0 Å². The van der Waals surface area contributed by atoms with E-state index >= 15 is 0 Å². The maximum Gasteiger partial charge on any atom is 0.119 e. The third kappa shape index (κ3) is 0.894. The van der Waals surface area contributed by atoms with E-state index in [9.17, 15) is 0 Å². The Hall–Kier alpha value is -1.02. The highest BCUT2D eigenvalue weighted by Crippen LogP contribution is 2.56. The number of ether oxygens (including phenoxy) is 1. The highest BCUT2D eigenvalue weighted by molar-refractivity contribution is 5.49. The predicted molar refractivity (Wildman–Crippen MR) is 55.6 cm³/mol. The molecule has 1 fully saturated rings. The molecule has 0 saturated heterocycles. The lowest BCUT2D eigenvalue weighted by Crippen LogP contribution is -2.15. The topological polar surface area (TPSA) is 35.2 Å². The second-order valence-electron chi connectivity index (χ2n) is 4.49. The molecule has 2 N–H and O–H groups in total. The second kappa shape index (κ2) is 2.51. The number of nitrogens with two attached hydrogens (primary N) is 1. The van der Waals surface area contributed by atoms with Crippen molar-refractivity contribution < 1.29 is 4.74 Å². The van der Waals surface area contributed by atoms with E-state index in [4.69, 9.17) is 10.5 Å². The van der Waals surface area contributed by atoms with E-state index < -0.39 is 0 Å². The molecule has 74 valence electrons. The van der Waals surface area contributed by atoms with Gasteiger partial charge < -0.3 is 10.5 Å². The fourth-order valence-corrected chi connectivity index (χ4v) is 2.79. The molecule has 2 nitrogen and oxygen atoms in total. The third-order valence-electron chi connectivity index (χ3n) is 3.83. The Balaban J connectivity index is 2.09. The van der Waals surface area contributed by atoms with Gasteiger partial charge >= 0.3 is 0 Å². The number of methoxy groups -OCH3 is 1. The van der Waals surface area contributed by atoms with E-state index in [-0.39, 0.29) is 0 Å². The number of fused-ring (bicyclic) bond motifs is 2. The van der Waals surface area contributed by atoms with Crippen LogP contribution < -0.4 is 10.5 Å². The fourth-order valence-electron chi connectivity index (χ4n) is 2.79. The highest BCUT2D eigenvalue weighted by Gasteiger charge is 2.56. The third-order valence-corrected chi connectivity index (χ3v) is 3.83. The Labute approximate surface area is 84.1 Å². The average molecular weight is 189 g/mol. The summed E-state index contributed by atoms with van der Waals surface area (Å²) in [7, 11) is 1.72. The van der Waals surface area contributed by atoms with Crippen molar-refractivity contribution in [3.63, 3.8) is 0 Å². The summed E-state index contributed by atoms with van der Waals surface area (Å²) in [5, 5.41) is 0. The molecule has 0 bridgehead atoms. The Morgan fingerprint density at radius 3 is 2.93 bits per heavy atom. The minimum absolute atomic E-state index is 0.323. The Kier molecular flexibility index (Phi) is 1.49. The van der Waals surface area contributed by atoms with Crippen LogP contribution in [0, 0.1) is 0 Å². The smallest absolute Gasteiger partial charge is 0.119 e. The molecule has 1 aromatic rings. The van der Waals surface area contributed by atoms with Crippen LogP contribution in [-0.2, 0) is 11.8 Å². The number of aryl methyl sites for hydroxylation is 1. The summed E-state index contributed by atoms with van der Waals surface area (Å²) >= 11 is 0. The van der Waals surface area contributed by atoms with Gasteiger partial charge in [-0.2, -0.15) is 0 Å². The van der Waals surface area contributed by atoms with Gasteiger partial charge in [-0.25, -0.2) is 0 Å². The Morgan fingerprint density at radius 2 is 2.29 bits per heavy atom. The first-order chi connectivity index (χ1) is 6.76. The van der Waals surface area contributed by atoms with Crippen LogP contribution in [0.4, 0.5) is 0 Å². The summed E-state index contributed by atoms with van der Waals surface area (Å²) in [6, 6.07) is 6.80. The van der Waals surface area contributed by atoms with Gasteiger partial charge in [-0.1, -0.05) is 6.07 Å². The van der Waals surface area contributed by atoms with Crippen molar-refractivity contribution in [2.75, 3.05) is 7.11 Å². The van der Waals surface area contributed by atoms with Gasteiger partial charge in [0.25, 0.3) is 0 Å². The Morgan fingerprint density at radius 1 is 1.50 bits per heavy atom. The second-order valence-corrected chi connectivity index (χ2v) is 4.49. The molecule has 0 aliphatic heterocycles. The lowest BCUT2D eigenvalue weighted by atomic mass is 9.97. The summed E-state index contributed by atoms with van der Waals surface area (Å²) in [4.78, 5) is 0. The molecule has 2 aliphatic rings. The molecule has 2 heteroatoms. The molecule has 1 saturated carbocycles. The minimum atomic E-state index is 0.323. The summed E-state index contributed by atoms with van der Waals surface area (Å²) < 4.78 is 5.25. The lowest BCUT2D eigenvalue weighted by Gasteiger charge is -2.10. The summed E-state index contributed by atoms with van der Waals surface area (Å²) in [6.07, 6.45) is 3.58. The van der Waals surface area contributed by atoms with Crippen LogP contribution in [0.2, 0.25) is 0 Å². The van der Waals surface area contributed by atoms with Crippen molar-refractivity contribution in [3.8, 4) is 5.75 Å². The van der Waals surface area contributed by atoms with Crippen molar-refractivity contribution in [1.82, 2.24) is 0 Å². The summed E-state index contributed by atoms with van der Waals surface area (Å²) in [5.41, 5.74) is 9.27. The van der Waals surface area contributed by atoms with Crippen LogP contribution in [0.3, 0.4) is 0 Å². The van der Waals surface area contributed by atoms with Gasteiger partial charge in [-0.05, 0) is 42.5 Å². The summed E-state index contributed by atoms with van der Waals surface area (Å²) in [6.45, 7) is 0. The molecule has 3 rings (SSSR count). The maximum atomic E-state index is 6.03. The zero-order chi connectivity index (χ0) is 9.76. The van der Waals surface area contributed by atoms with E-state index in [2.05, 4.69) is 12.1 Å². The monoisotopic (exact) mass is 189 g/mol. The van der Waals surface area contributed by atoms with Crippen LogP contribution >= 0.6 is 0 Å². The van der Waals surface area contributed by atoms with Gasteiger partial charge in [-0.15, -0.1) is 0 Å². The van der Waals surface area contributed by atoms with Crippen LogP contribution in [0.1, 0.15) is 24.0 Å². The molecule has 0 heterocycles. The van der Waals surface area contributed by atoms with E-state index in [0.717, 1.165) is 12.2 Å². The normalized spacial score (nSPS) is 33.1. The number of rotatable bonds is 1. The molecule has 14 heavy (non-hydrogen) atoms. The first-order valence-corrected chi connectivity index (χ1v) is 5.19. The molecule has 0 unspecified atom stereocenters. The summed E-state index contributed by atoms with van der Waals surface area (Å²) in [5.74, 6) is 0.962. The zero-order valence-corrected chi connectivity index (χ0v) is 8.42. The Bertz CT molecular complexity index is 388. The molecule has 0 amide bonds. The molecule has 0 aromatic heterocycles. The van der Waals surface area contributed by atoms with Gasteiger partial charge in [-0.3, -0.25) is 0 Å². The average Bonchev–Trinajstić information content (AvgIpc) is 2.71. The lowest BCUT2D eigenvalue weighted by molar-refractivity contribution is 0.413. The molecule has 1 spiro atoms. The van der Waals surface area contributed by atoms with Gasteiger partial charge in [0.05, 0.1) is 7.11 Å². The molecule has 1 aromatic carbocycles. The largest absolute Gasteiger partial charge is 0.497 e. The molecular weight excluding hydrogens is 174 g/mol. The molecule has 2 aliphatic carbocycles. The number of hydrogen-bond acceptors (Lipinski definition) is 2. The SMILES string of the molecule is COc1ccc2c(c1)[C@@]1(CC2)C[C@H]1N. The van der Waals surface area contributed by atoms with E-state index in [1.54, 1.807) is 7.11 Å². The van der Waals surface area contributed by atoms with E-state index in [1.807, 2.05) is 6.07 Å². The van der Waals surface area contributed by atoms with Crippen molar-refractivity contribution in [3.05, 3.63) is 29.3 Å². The quantitative estimate of drug-likeness (QED) is 0.728. The first kappa shape index (κ1) is 8.30. The highest BCUT2D eigenvalue weighted by atomic mass is 16.5. The molecular formula is C12H15NO. The minimum Gasteiger partial charge on any atom is -0.497 e. The standard InChI is InChI=1S/C12H15NO/c1-14-9-3-2-8-4-5-12(7-11(12)13)10(8)6-9/h2-3,6,11H,4-5,7,13H2,1H3/t11-,12-/m1/s1. The van der Waals surface area contributed by atoms with Crippen molar-refractivity contribution in [2.24, 2.45) is 5.73 Å². The van der Waals surface area contributed by atoms with Gasteiger partial charge in [0.15, 0.2) is 0 Å². The van der Waals surface area contributed by atoms with Crippen LogP contribution in [-0.4, -0.2) is 13.2 Å². The zero-order valence-electron chi connectivity index (χ0n) is 8.42. The van der Waals surface area contributed by atoms with Crippen molar-refractivity contribution in [1.29, 1.82) is 0 Å². The fraction of sp³-hybridized carbons (Fsp3) is 0.500. The van der Waals surface area contributed by atoms with E-state index in [1.165, 1.54) is 24.0 Å². The molecule has 0 radical (unpaired) electrons. The molecule has 2 atom stereocenters. The first-order valence-electron chi connectivity index (χ1n) is 5.19. The van der Waals surface area contributed by atoms with Crippen molar-refractivity contribution in [2.45, 2.75) is 30.7 Å². The van der Waals surface area contributed by atoms with Crippen molar-refractivity contribution >= 4 is 0 Å². The van der Waals surface area contributed by atoms with E-state index in [0.29, 0.717) is 11.5 Å². The predicted octanol–water partition coefficient (Wildman–Crippen LogP) is 1.61. The number of benzene rings is 1. The van der Waals surface area contributed by atoms with Crippen LogP contribution in [0.5, 0.6) is 5.75 Å². The van der Waals surface area contributed by atoms with Gasteiger partial charge in [0, 0.05) is 11.5 Å².